The fourth-order valence-electron chi connectivity index (χ4n) is 2.37. The molecule has 3 rings (SSSR count). The van der Waals surface area contributed by atoms with Crippen molar-refractivity contribution in [2.45, 2.75) is 13.0 Å². The molecule has 0 amide bonds. The van der Waals surface area contributed by atoms with Gasteiger partial charge in [0.25, 0.3) is 0 Å². The van der Waals surface area contributed by atoms with Gasteiger partial charge in [0.15, 0.2) is 0 Å². The van der Waals surface area contributed by atoms with Gasteiger partial charge in [-0.3, -0.25) is 10.5 Å². The second kappa shape index (κ2) is 4.53. The van der Waals surface area contributed by atoms with E-state index in [0.29, 0.717) is 0 Å². The minimum atomic E-state index is -0.193. The first-order valence-corrected chi connectivity index (χ1v) is 6.14. The van der Waals surface area contributed by atoms with Crippen LogP contribution in [0.5, 0.6) is 0 Å². The number of hydrazine groups is 1. The van der Waals surface area contributed by atoms with Crippen LogP contribution in [0.25, 0.3) is 11.0 Å². The van der Waals surface area contributed by atoms with Crippen LogP contribution in [-0.4, -0.2) is 9.78 Å². The fraction of sp³-hybridized carbons (Fsp3) is 0.214. The average molecular weight is 256 g/mol. The van der Waals surface area contributed by atoms with Gasteiger partial charge in [-0.2, -0.15) is 5.10 Å². The molecule has 2 aromatic heterocycles. The van der Waals surface area contributed by atoms with Gasteiger partial charge in [0.2, 0.25) is 0 Å². The third-order valence-electron chi connectivity index (χ3n) is 3.26. The topological polar surface area (TPSA) is 69.0 Å². The number of aryl methyl sites for hydroxylation is 2. The zero-order valence-corrected chi connectivity index (χ0v) is 10.9. The lowest BCUT2D eigenvalue weighted by Gasteiger charge is -2.11. The van der Waals surface area contributed by atoms with Crippen molar-refractivity contribution in [3.8, 4) is 0 Å². The number of fused-ring (bicyclic) bond motifs is 1. The molecule has 3 N–H and O–H groups in total. The number of benzene rings is 1. The normalized spacial score (nSPS) is 13.0. The summed E-state index contributed by atoms with van der Waals surface area (Å²) in [5, 5.41) is 5.41. The molecule has 0 aliphatic carbocycles. The van der Waals surface area contributed by atoms with Crippen LogP contribution in [0, 0.1) is 6.92 Å². The van der Waals surface area contributed by atoms with Crippen LogP contribution in [0.3, 0.4) is 0 Å². The molecule has 0 aliphatic heterocycles. The molecule has 0 saturated carbocycles. The maximum Gasteiger partial charge on any atom is 0.134 e. The predicted molar refractivity (Wildman–Crippen MR) is 73.3 cm³/mol. The number of nitrogens with two attached hydrogens (primary N) is 1. The molecule has 0 spiro atoms. The summed E-state index contributed by atoms with van der Waals surface area (Å²) in [7, 11) is 1.89. The van der Waals surface area contributed by atoms with Gasteiger partial charge in [-0.25, -0.2) is 5.43 Å². The second-order valence-corrected chi connectivity index (χ2v) is 4.63. The molecule has 5 nitrogen and oxygen atoms in total. The van der Waals surface area contributed by atoms with Gasteiger partial charge in [-0.05, 0) is 19.1 Å². The molecule has 1 atom stereocenters. The van der Waals surface area contributed by atoms with Crippen molar-refractivity contribution in [3.05, 3.63) is 53.5 Å². The number of para-hydroxylation sites is 1. The van der Waals surface area contributed by atoms with Crippen molar-refractivity contribution in [1.29, 1.82) is 0 Å². The van der Waals surface area contributed by atoms with E-state index in [9.17, 15) is 0 Å². The van der Waals surface area contributed by atoms with Crippen LogP contribution >= 0.6 is 0 Å². The highest BCUT2D eigenvalue weighted by Gasteiger charge is 2.21. The van der Waals surface area contributed by atoms with Crippen molar-refractivity contribution in [1.82, 2.24) is 15.2 Å². The van der Waals surface area contributed by atoms with Crippen molar-refractivity contribution in [2.24, 2.45) is 12.9 Å². The van der Waals surface area contributed by atoms with Gasteiger partial charge in [0.05, 0.1) is 5.69 Å². The molecule has 2 heterocycles. The first kappa shape index (κ1) is 12.0. The molecule has 1 unspecified atom stereocenters. The first-order chi connectivity index (χ1) is 9.19. The summed E-state index contributed by atoms with van der Waals surface area (Å²) < 4.78 is 7.64. The van der Waals surface area contributed by atoms with Gasteiger partial charge < -0.3 is 4.42 Å². The molecule has 0 radical (unpaired) electrons. The maximum atomic E-state index is 5.86. The molecule has 1 aromatic carbocycles. The minimum Gasteiger partial charge on any atom is -0.459 e. The van der Waals surface area contributed by atoms with Crippen LogP contribution in [0.4, 0.5) is 0 Å². The Kier molecular flexibility index (Phi) is 2.85. The van der Waals surface area contributed by atoms with Crippen LogP contribution in [0.2, 0.25) is 0 Å². The molecule has 5 heteroatoms. The summed E-state index contributed by atoms with van der Waals surface area (Å²) in [6, 6.07) is 9.72. The molecular weight excluding hydrogens is 240 g/mol. The van der Waals surface area contributed by atoms with E-state index >= 15 is 0 Å². The lowest BCUT2D eigenvalue weighted by Crippen LogP contribution is -2.28. The van der Waals surface area contributed by atoms with Crippen molar-refractivity contribution >= 4 is 11.0 Å². The van der Waals surface area contributed by atoms with Crippen LogP contribution < -0.4 is 11.3 Å². The fourth-order valence-corrected chi connectivity index (χ4v) is 2.37. The van der Waals surface area contributed by atoms with Crippen molar-refractivity contribution in [2.75, 3.05) is 0 Å². The number of hydrogen-bond acceptors (Lipinski definition) is 4. The highest BCUT2D eigenvalue weighted by Crippen LogP contribution is 2.28. The van der Waals surface area contributed by atoms with E-state index in [1.807, 2.05) is 50.5 Å². The summed E-state index contributed by atoms with van der Waals surface area (Å²) in [4.78, 5) is 0. The second-order valence-electron chi connectivity index (χ2n) is 4.63. The van der Waals surface area contributed by atoms with E-state index in [2.05, 4.69) is 10.5 Å². The first-order valence-electron chi connectivity index (χ1n) is 6.14. The standard InChI is InChI=1S/C14H16N4O/c1-9-11(8-18(2)17-9)14(16-15)13-7-10-5-3-4-6-12(10)19-13/h3-8,14,16H,15H2,1-2H3. The summed E-state index contributed by atoms with van der Waals surface area (Å²) in [6.07, 6.45) is 1.95. The van der Waals surface area contributed by atoms with E-state index < -0.39 is 0 Å². The number of furan rings is 1. The summed E-state index contributed by atoms with van der Waals surface area (Å²) >= 11 is 0. The molecule has 0 fully saturated rings. The van der Waals surface area contributed by atoms with Gasteiger partial charge in [-0.1, -0.05) is 18.2 Å². The summed E-state index contributed by atoms with van der Waals surface area (Å²) in [5.41, 5.74) is 5.62. The largest absolute Gasteiger partial charge is 0.459 e. The number of aromatic nitrogens is 2. The number of nitrogens with one attached hydrogen (secondary N) is 1. The SMILES string of the molecule is Cc1nn(C)cc1C(NN)c1cc2ccccc2o1. The molecule has 0 aliphatic rings. The Morgan fingerprint density at radius 2 is 2.16 bits per heavy atom. The van der Waals surface area contributed by atoms with E-state index in [0.717, 1.165) is 28.0 Å². The molecule has 0 bridgehead atoms. The van der Waals surface area contributed by atoms with Crippen molar-refractivity contribution < 1.29 is 4.42 Å². The Bertz CT molecular complexity index is 680. The predicted octanol–water partition coefficient (Wildman–Crippen LogP) is 2.03. The van der Waals surface area contributed by atoms with Crippen LogP contribution in [0.1, 0.15) is 23.1 Å². The zero-order chi connectivity index (χ0) is 13.4. The number of hydrogen-bond donors (Lipinski definition) is 2. The average Bonchev–Trinajstić information content (AvgIpc) is 2.94. The lowest BCUT2D eigenvalue weighted by molar-refractivity contribution is 0.476. The quantitative estimate of drug-likeness (QED) is 0.555. The van der Waals surface area contributed by atoms with Gasteiger partial charge in [-0.15, -0.1) is 0 Å². The third kappa shape index (κ3) is 2.03. The Balaban J connectivity index is 2.09. The summed E-state index contributed by atoms with van der Waals surface area (Å²) in [5.74, 6) is 6.48. The lowest BCUT2D eigenvalue weighted by atomic mass is 10.1. The van der Waals surface area contributed by atoms with E-state index in [1.54, 1.807) is 4.68 Å². The minimum absolute atomic E-state index is 0.193. The Morgan fingerprint density at radius 1 is 1.37 bits per heavy atom. The third-order valence-corrected chi connectivity index (χ3v) is 3.26. The van der Waals surface area contributed by atoms with Crippen molar-refractivity contribution in [3.63, 3.8) is 0 Å². The highest BCUT2D eigenvalue weighted by atomic mass is 16.3. The molecule has 19 heavy (non-hydrogen) atoms. The van der Waals surface area contributed by atoms with Crippen LogP contribution in [0.15, 0.2) is 40.9 Å². The zero-order valence-electron chi connectivity index (χ0n) is 10.9. The van der Waals surface area contributed by atoms with Gasteiger partial charge in [0, 0.05) is 24.2 Å². The molecule has 3 aromatic rings. The van der Waals surface area contributed by atoms with Gasteiger partial charge >= 0.3 is 0 Å². The van der Waals surface area contributed by atoms with E-state index in [-0.39, 0.29) is 6.04 Å². The highest BCUT2D eigenvalue weighted by molar-refractivity contribution is 5.77. The Hall–Kier alpha value is -2.11. The summed E-state index contributed by atoms with van der Waals surface area (Å²) in [6.45, 7) is 1.96. The molecule has 98 valence electrons. The number of rotatable bonds is 3. The van der Waals surface area contributed by atoms with E-state index in [1.165, 1.54) is 0 Å². The van der Waals surface area contributed by atoms with E-state index in [4.69, 9.17) is 10.3 Å². The Morgan fingerprint density at radius 3 is 2.79 bits per heavy atom. The van der Waals surface area contributed by atoms with Crippen LogP contribution in [-0.2, 0) is 7.05 Å². The Labute approximate surface area is 111 Å². The van der Waals surface area contributed by atoms with Gasteiger partial charge in [0.1, 0.15) is 17.4 Å². The monoisotopic (exact) mass is 256 g/mol. The maximum absolute atomic E-state index is 5.86. The molecular formula is C14H16N4O. The molecule has 0 saturated heterocycles. The number of nitrogens with zero attached hydrogens (tertiary/aromatic N) is 2. The smallest absolute Gasteiger partial charge is 0.134 e.